The van der Waals surface area contributed by atoms with E-state index < -0.39 is 0 Å². The second kappa shape index (κ2) is 12.2. The van der Waals surface area contributed by atoms with Crippen molar-refractivity contribution in [2.45, 2.75) is 40.5 Å². The lowest BCUT2D eigenvalue weighted by atomic mass is 9.81. The summed E-state index contributed by atoms with van der Waals surface area (Å²) in [5.41, 5.74) is 17.7. The van der Waals surface area contributed by atoms with Crippen LogP contribution in [0.4, 0.5) is 34.1 Å². The van der Waals surface area contributed by atoms with Crippen molar-refractivity contribution in [1.29, 1.82) is 0 Å². The quantitative estimate of drug-likeness (QED) is 0.182. The number of fused-ring (bicyclic) bond motifs is 5. The Bertz CT molecular complexity index is 2150. The standard InChI is InChI=1S/C46H40N2/c1-31-9-19-37(20-10-31)47(38-21-11-32(2)12-22-38)41-27-28-42-35(29-41)17-18-36-30-45(43-7-5-6-8-44(43)46(36)42)48(39-23-13-33(3)14-24-39)40-25-15-34(4)16-26-40/h5-16,19-30H,17-18H2,1-4H3. The summed E-state index contributed by atoms with van der Waals surface area (Å²) in [6, 6.07) is 54.0. The number of aryl methyl sites for hydroxylation is 6. The Balaban J connectivity index is 1.28. The Kier molecular flexibility index (Phi) is 7.57. The van der Waals surface area contributed by atoms with E-state index in [-0.39, 0.29) is 0 Å². The van der Waals surface area contributed by atoms with Crippen molar-refractivity contribution in [1.82, 2.24) is 0 Å². The molecule has 2 nitrogen and oxygen atoms in total. The van der Waals surface area contributed by atoms with Gasteiger partial charge in [0.2, 0.25) is 0 Å². The van der Waals surface area contributed by atoms with E-state index in [4.69, 9.17) is 0 Å². The molecule has 0 N–H and O–H groups in total. The van der Waals surface area contributed by atoms with Crippen molar-refractivity contribution in [3.05, 3.63) is 179 Å². The van der Waals surface area contributed by atoms with E-state index in [2.05, 4.69) is 183 Å². The van der Waals surface area contributed by atoms with Gasteiger partial charge in [0.25, 0.3) is 0 Å². The monoisotopic (exact) mass is 620 g/mol. The molecule has 0 spiro atoms. The summed E-state index contributed by atoms with van der Waals surface area (Å²) in [6.45, 7) is 8.59. The first-order chi connectivity index (χ1) is 23.4. The van der Waals surface area contributed by atoms with Crippen LogP contribution in [-0.4, -0.2) is 0 Å². The molecule has 234 valence electrons. The number of benzene rings is 7. The predicted molar refractivity (Wildman–Crippen MR) is 205 cm³/mol. The molecule has 0 unspecified atom stereocenters. The fourth-order valence-electron chi connectivity index (χ4n) is 7.20. The highest BCUT2D eigenvalue weighted by atomic mass is 15.1. The maximum atomic E-state index is 2.46. The number of rotatable bonds is 6. The van der Waals surface area contributed by atoms with Gasteiger partial charge >= 0.3 is 0 Å². The topological polar surface area (TPSA) is 6.48 Å². The van der Waals surface area contributed by atoms with Crippen LogP contribution in [0.2, 0.25) is 0 Å². The summed E-state index contributed by atoms with van der Waals surface area (Å²) in [4.78, 5) is 4.82. The summed E-state index contributed by atoms with van der Waals surface area (Å²) in [5.74, 6) is 0. The molecule has 7 aromatic rings. The molecule has 7 aromatic carbocycles. The van der Waals surface area contributed by atoms with Crippen LogP contribution in [0.3, 0.4) is 0 Å². The first-order valence-corrected chi connectivity index (χ1v) is 17.0. The van der Waals surface area contributed by atoms with Crippen LogP contribution in [-0.2, 0) is 12.8 Å². The first-order valence-electron chi connectivity index (χ1n) is 17.0. The smallest absolute Gasteiger partial charge is 0.0543 e. The normalized spacial score (nSPS) is 12.0. The summed E-state index contributed by atoms with van der Waals surface area (Å²) in [7, 11) is 0. The van der Waals surface area contributed by atoms with E-state index >= 15 is 0 Å². The van der Waals surface area contributed by atoms with Gasteiger partial charge in [-0.25, -0.2) is 0 Å². The van der Waals surface area contributed by atoms with Gasteiger partial charge in [0.05, 0.1) is 5.69 Å². The average Bonchev–Trinajstić information content (AvgIpc) is 3.11. The molecule has 2 heteroatoms. The summed E-state index contributed by atoms with van der Waals surface area (Å²) < 4.78 is 0. The Hall–Kier alpha value is -5.60. The molecule has 0 saturated heterocycles. The van der Waals surface area contributed by atoms with Crippen LogP contribution in [0, 0.1) is 27.7 Å². The Labute approximate surface area is 284 Å². The largest absolute Gasteiger partial charge is 0.310 e. The maximum absolute atomic E-state index is 2.46. The number of nitrogens with zero attached hydrogens (tertiary/aromatic N) is 2. The lowest BCUT2D eigenvalue weighted by Gasteiger charge is -2.31. The minimum Gasteiger partial charge on any atom is -0.310 e. The van der Waals surface area contributed by atoms with Crippen molar-refractivity contribution < 1.29 is 0 Å². The summed E-state index contributed by atoms with van der Waals surface area (Å²) in [5, 5.41) is 2.56. The van der Waals surface area contributed by atoms with Crippen molar-refractivity contribution in [2.75, 3.05) is 9.80 Å². The van der Waals surface area contributed by atoms with Gasteiger partial charge in [-0.15, -0.1) is 0 Å². The van der Waals surface area contributed by atoms with E-state index in [1.54, 1.807) is 0 Å². The highest BCUT2D eigenvalue weighted by Crippen LogP contribution is 2.47. The molecule has 0 aliphatic heterocycles. The highest BCUT2D eigenvalue weighted by molar-refractivity contribution is 6.08. The minimum atomic E-state index is 0.994. The fourth-order valence-corrected chi connectivity index (χ4v) is 7.20. The van der Waals surface area contributed by atoms with E-state index in [0.29, 0.717) is 0 Å². The van der Waals surface area contributed by atoms with Crippen LogP contribution in [0.1, 0.15) is 33.4 Å². The summed E-state index contributed by atoms with van der Waals surface area (Å²) in [6.07, 6.45) is 1.99. The molecule has 0 radical (unpaired) electrons. The Morgan fingerprint density at radius 3 is 1.29 bits per heavy atom. The lowest BCUT2D eigenvalue weighted by Crippen LogP contribution is -2.14. The molecule has 48 heavy (non-hydrogen) atoms. The second-order valence-corrected chi connectivity index (χ2v) is 13.3. The van der Waals surface area contributed by atoms with Crippen molar-refractivity contribution in [3.63, 3.8) is 0 Å². The van der Waals surface area contributed by atoms with Gasteiger partial charge in [0.15, 0.2) is 0 Å². The molecular formula is C46H40N2. The van der Waals surface area contributed by atoms with E-state index in [1.807, 2.05) is 0 Å². The Morgan fingerprint density at radius 1 is 0.375 bits per heavy atom. The fraction of sp³-hybridized carbons (Fsp3) is 0.130. The molecule has 0 aromatic heterocycles. The zero-order valence-corrected chi connectivity index (χ0v) is 28.2. The first kappa shape index (κ1) is 29.8. The van der Waals surface area contributed by atoms with Crippen molar-refractivity contribution in [2.24, 2.45) is 0 Å². The molecule has 0 amide bonds. The van der Waals surface area contributed by atoms with Crippen LogP contribution >= 0.6 is 0 Å². The van der Waals surface area contributed by atoms with E-state index in [0.717, 1.165) is 12.8 Å². The number of anilines is 6. The van der Waals surface area contributed by atoms with Gasteiger partial charge in [-0.05, 0) is 135 Å². The Morgan fingerprint density at radius 2 is 0.792 bits per heavy atom. The molecule has 0 heterocycles. The van der Waals surface area contributed by atoms with Crippen molar-refractivity contribution in [3.8, 4) is 11.1 Å². The zero-order valence-electron chi connectivity index (χ0n) is 28.2. The zero-order chi connectivity index (χ0) is 32.8. The number of hydrogen-bond donors (Lipinski definition) is 0. The van der Waals surface area contributed by atoms with Gasteiger partial charge in [-0.1, -0.05) is 101 Å². The third-order valence-corrected chi connectivity index (χ3v) is 9.79. The maximum Gasteiger partial charge on any atom is 0.0543 e. The molecule has 8 rings (SSSR count). The molecule has 0 bridgehead atoms. The SMILES string of the molecule is Cc1ccc(N(c2ccc(C)cc2)c2ccc3c(c2)CCc2cc(N(c4ccc(C)cc4)c4ccc(C)cc4)c4ccccc4c2-3)cc1. The molecule has 1 aliphatic rings. The molecule has 0 fully saturated rings. The summed E-state index contributed by atoms with van der Waals surface area (Å²) >= 11 is 0. The van der Waals surface area contributed by atoms with E-state index in [9.17, 15) is 0 Å². The van der Waals surface area contributed by atoms with Crippen LogP contribution in [0.5, 0.6) is 0 Å². The average molecular weight is 621 g/mol. The van der Waals surface area contributed by atoms with Crippen LogP contribution < -0.4 is 9.80 Å². The van der Waals surface area contributed by atoms with Gasteiger partial charge in [0, 0.05) is 33.8 Å². The van der Waals surface area contributed by atoms with Crippen molar-refractivity contribution >= 4 is 44.9 Å². The van der Waals surface area contributed by atoms with E-state index in [1.165, 1.54) is 89.4 Å². The second-order valence-electron chi connectivity index (χ2n) is 13.3. The third-order valence-electron chi connectivity index (χ3n) is 9.79. The van der Waals surface area contributed by atoms with Gasteiger partial charge in [-0.3, -0.25) is 0 Å². The lowest BCUT2D eigenvalue weighted by molar-refractivity contribution is 0.943. The molecule has 0 saturated carbocycles. The van der Waals surface area contributed by atoms with Gasteiger partial charge in [-0.2, -0.15) is 0 Å². The molecule has 1 aliphatic carbocycles. The van der Waals surface area contributed by atoms with Crippen LogP contribution in [0.25, 0.3) is 21.9 Å². The minimum absolute atomic E-state index is 0.994. The van der Waals surface area contributed by atoms with Gasteiger partial charge < -0.3 is 9.80 Å². The van der Waals surface area contributed by atoms with Gasteiger partial charge in [0.1, 0.15) is 0 Å². The third kappa shape index (κ3) is 5.44. The molecular weight excluding hydrogens is 581 g/mol. The van der Waals surface area contributed by atoms with Crippen LogP contribution in [0.15, 0.2) is 146 Å². The predicted octanol–water partition coefficient (Wildman–Crippen LogP) is 12.8. The molecule has 0 atom stereocenters. The number of hydrogen-bond acceptors (Lipinski definition) is 2. The highest BCUT2D eigenvalue weighted by Gasteiger charge is 2.25.